The van der Waals surface area contributed by atoms with Crippen molar-refractivity contribution >= 4 is 11.4 Å². The molecule has 0 bridgehead atoms. The van der Waals surface area contributed by atoms with Crippen molar-refractivity contribution in [3.05, 3.63) is 0 Å². The second-order valence-corrected chi connectivity index (χ2v) is 2.85. The van der Waals surface area contributed by atoms with Crippen LogP contribution in [0.4, 0.5) is 0 Å². The Morgan fingerprint density at radius 3 is 1.54 bits per heavy atom. The van der Waals surface area contributed by atoms with Crippen LogP contribution in [0.25, 0.3) is 0 Å². The van der Waals surface area contributed by atoms with E-state index in [1.54, 1.807) is 0 Å². The summed E-state index contributed by atoms with van der Waals surface area (Å²) in [6, 6.07) is 0. The van der Waals surface area contributed by atoms with Gasteiger partial charge in [-0.05, 0) is 19.3 Å². The Balaban J connectivity index is 4.67. The number of hydrogen-bond acceptors (Lipinski definition) is 4. The molecule has 0 amide bonds. The molecule has 0 radical (unpaired) electrons. The number of oxime groups is 2. The fraction of sp³-hybridized carbons (Fsp3) is 0.778. The van der Waals surface area contributed by atoms with Crippen LogP contribution in [0.15, 0.2) is 10.3 Å². The van der Waals surface area contributed by atoms with E-state index in [-0.39, 0.29) is 5.92 Å². The fourth-order valence-corrected chi connectivity index (χ4v) is 1.44. The van der Waals surface area contributed by atoms with Gasteiger partial charge in [-0.1, -0.05) is 31.1 Å². The normalized spacial score (nSPS) is 15.9. The summed E-state index contributed by atoms with van der Waals surface area (Å²) in [4.78, 5) is 0. The molecule has 0 rings (SSSR count). The molecule has 0 aliphatic carbocycles. The molecule has 13 heavy (non-hydrogen) atoms. The maximum Gasteiger partial charge on any atom is 0.0656 e. The SMILES string of the molecule is CCC(=NO)C(CC)C(CC)=NO. The van der Waals surface area contributed by atoms with Crippen molar-refractivity contribution in [3.8, 4) is 0 Å². The molecule has 0 saturated carbocycles. The third kappa shape index (κ3) is 3.05. The van der Waals surface area contributed by atoms with Crippen molar-refractivity contribution in [2.24, 2.45) is 16.2 Å². The van der Waals surface area contributed by atoms with Gasteiger partial charge in [0.15, 0.2) is 0 Å². The lowest BCUT2D eigenvalue weighted by molar-refractivity contribution is 0.309. The van der Waals surface area contributed by atoms with Crippen LogP contribution in [0.5, 0.6) is 0 Å². The van der Waals surface area contributed by atoms with Gasteiger partial charge in [-0.25, -0.2) is 0 Å². The first-order valence-electron chi connectivity index (χ1n) is 4.66. The average Bonchev–Trinajstić information content (AvgIpc) is 2.18. The minimum atomic E-state index is -0.0231. The highest BCUT2D eigenvalue weighted by Gasteiger charge is 2.18. The van der Waals surface area contributed by atoms with Gasteiger partial charge in [0, 0.05) is 5.92 Å². The lowest BCUT2D eigenvalue weighted by atomic mass is 9.92. The first-order valence-corrected chi connectivity index (χ1v) is 4.66. The molecule has 0 aromatic carbocycles. The zero-order valence-electron chi connectivity index (χ0n) is 8.49. The predicted octanol–water partition coefficient (Wildman–Crippen LogP) is 2.49. The monoisotopic (exact) mass is 186 g/mol. The van der Waals surface area contributed by atoms with Crippen molar-refractivity contribution in [2.75, 3.05) is 0 Å². The zero-order valence-corrected chi connectivity index (χ0v) is 8.49. The number of hydrogen-bond donors (Lipinski definition) is 2. The summed E-state index contributed by atoms with van der Waals surface area (Å²) in [5.41, 5.74) is 1.36. The van der Waals surface area contributed by atoms with Crippen LogP contribution in [-0.2, 0) is 0 Å². The van der Waals surface area contributed by atoms with Gasteiger partial charge in [-0.15, -0.1) is 0 Å². The maximum atomic E-state index is 8.72. The Kier molecular flexibility index (Phi) is 5.93. The molecular formula is C9H18N2O2. The summed E-state index contributed by atoms with van der Waals surface area (Å²) in [5, 5.41) is 23.9. The molecule has 0 aliphatic heterocycles. The van der Waals surface area contributed by atoms with E-state index in [1.165, 1.54) is 0 Å². The van der Waals surface area contributed by atoms with Crippen LogP contribution >= 0.6 is 0 Å². The van der Waals surface area contributed by atoms with Crippen molar-refractivity contribution in [2.45, 2.75) is 40.0 Å². The van der Waals surface area contributed by atoms with Gasteiger partial charge in [-0.3, -0.25) is 0 Å². The Morgan fingerprint density at radius 1 is 1.00 bits per heavy atom. The molecule has 2 N–H and O–H groups in total. The molecule has 76 valence electrons. The standard InChI is InChI=1S/C9H18N2O2/c1-4-7(8(5-2)10-12)9(6-3)11-13/h7,12-13H,4-6H2,1-3H3. The van der Waals surface area contributed by atoms with Gasteiger partial charge in [0.05, 0.1) is 11.4 Å². The molecule has 0 heterocycles. The van der Waals surface area contributed by atoms with Crippen LogP contribution in [0.2, 0.25) is 0 Å². The lowest BCUT2D eigenvalue weighted by Crippen LogP contribution is -2.22. The zero-order chi connectivity index (χ0) is 10.3. The van der Waals surface area contributed by atoms with E-state index in [2.05, 4.69) is 10.3 Å². The van der Waals surface area contributed by atoms with Crippen LogP contribution < -0.4 is 0 Å². The summed E-state index contributed by atoms with van der Waals surface area (Å²) < 4.78 is 0. The van der Waals surface area contributed by atoms with E-state index in [0.29, 0.717) is 24.3 Å². The molecule has 4 heteroatoms. The molecule has 0 aromatic heterocycles. The molecule has 0 fully saturated rings. The van der Waals surface area contributed by atoms with Gasteiger partial charge in [0.2, 0.25) is 0 Å². The molecule has 4 nitrogen and oxygen atoms in total. The Bertz CT molecular complexity index is 180. The van der Waals surface area contributed by atoms with Gasteiger partial charge in [-0.2, -0.15) is 0 Å². The summed E-state index contributed by atoms with van der Waals surface area (Å²) >= 11 is 0. The first kappa shape index (κ1) is 11.9. The van der Waals surface area contributed by atoms with E-state index in [1.807, 2.05) is 20.8 Å². The fourth-order valence-electron chi connectivity index (χ4n) is 1.44. The van der Waals surface area contributed by atoms with Gasteiger partial charge >= 0.3 is 0 Å². The van der Waals surface area contributed by atoms with Crippen LogP contribution in [0, 0.1) is 5.92 Å². The minimum Gasteiger partial charge on any atom is -0.411 e. The summed E-state index contributed by atoms with van der Waals surface area (Å²) in [6.45, 7) is 5.82. The largest absolute Gasteiger partial charge is 0.411 e. The van der Waals surface area contributed by atoms with Crippen LogP contribution in [0.3, 0.4) is 0 Å². The van der Waals surface area contributed by atoms with Crippen molar-refractivity contribution < 1.29 is 10.4 Å². The molecule has 0 aromatic rings. The number of rotatable bonds is 5. The smallest absolute Gasteiger partial charge is 0.0656 e. The highest BCUT2D eigenvalue weighted by molar-refractivity contribution is 6.06. The van der Waals surface area contributed by atoms with E-state index < -0.39 is 0 Å². The third-order valence-electron chi connectivity index (χ3n) is 2.19. The van der Waals surface area contributed by atoms with Crippen molar-refractivity contribution in [1.82, 2.24) is 0 Å². The first-order chi connectivity index (χ1) is 6.24. The topological polar surface area (TPSA) is 65.2 Å². The highest BCUT2D eigenvalue weighted by atomic mass is 16.4. The summed E-state index contributed by atoms with van der Waals surface area (Å²) in [6.07, 6.45) is 2.14. The quantitative estimate of drug-likeness (QED) is 0.393. The molecule has 0 unspecified atom stereocenters. The van der Waals surface area contributed by atoms with Crippen molar-refractivity contribution in [3.63, 3.8) is 0 Å². The molecular weight excluding hydrogens is 168 g/mol. The maximum absolute atomic E-state index is 8.72. The van der Waals surface area contributed by atoms with Crippen LogP contribution in [-0.4, -0.2) is 21.8 Å². The Labute approximate surface area is 78.9 Å². The minimum absolute atomic E-state index is 0.0231. The van der Waals surface area contributed by atoms with E-state index in [4.69, 9.17) is 10.4 Å². The second kappa shape index (κ2) is 6.46. The van der Waals surface area contributed by atoms with E-state index in [0.717, 1.165) is 6.42 Å². The third-order valence-corrected chi connectivity index (χ3v) is 2.19. The van der Waals surface area contributed by atoms with E-state index >= 15 is 0 Å². The predicted molar refractivity (Wildman–Crippen MR) is 52.8 cm³/mol. The average molecular weight is 186 g/mol. The summed E-state index contributed by atoms with van der Waals surface area (Å²) in [7, 11) is 0. The molecule has 0 atom stereocenters. The molecule has 0 spiro atoms. The van der Waals surface area contributed by atoms with Crippen LogP contribution in [0.1, 0.15) is 40.0 Å². The van der Waals surface area contributed by atoms with E-state index in [9.17, 15) is 0 Å². The van der Waals surface area contributed by atoms with Gasteiger partial charge < -0.3 is 10.4 Å². The Morgan fingerprint density at radius 2 is 1.38 bits per heavy atom. The molecule has 0 saturated heterocycles. The van der Waals surface area contributed by atoms with Crippen molar-refractivity contribution in [1.29, 1.82) is 0 Å². The summed E-state index contributed by atoms with van der Waals surface area (Å²) in [5.74, 6) is -0.0231. The molecule has 0 aliphatic rings. The highest BCUT2D eigenvalue weighted by Crippen LogP contribution is 2.13. The lowest BCUT2D eigenvalue weighted by Gasteiger charge is -2.15. The van der Waals surface area contributed by atoms with Gasteiger partial charge in [0.1, 0.15) is 0 Å². The van der Waals surface area contributed by atoms with Gasteiger partial charge in [0.25, 0.3) is 0 Å². The number of nitrogens with zero attached hydrogens (tertiary/aromatic N) is 2. The second-order valence-electron chi connectivity index (χ2n) is 2.85. The Hall–Kier alpha value is -1.06.